The molecule has 1 aromatic rings. The monoisotopic (exact) mass is 233 g/mol. The van der Waals surface area contributed by atoms with E-state index in [2.05, 4.69) is 32.1 Å². The first-order chi connectivity index (χ1) is 8.31. The molecule has 0 bridgehead atoms. The van der Waals surface area contributed by atoms with Crippen LogP contribution in [-0.4, -0.2) is 54.1 Å². The van der Waals surface area contributed by atoms with Crippen molar-refractivity contribution in [1.82, 2.24) is 14.9 Å². The molecule has 1 saturated carbocycles. The Bertz CT molecular complexity index is 382. The van der Waals surface area contributed by atoms with E-state index in [0.717, 1.165) is 37.9 Å². The van der Waals surface area contributed by atoms with Crippen molar-refractivity contribution in [2.45, 2.75) is 18.9 Å². The number of anilines is 2. The van der Waals surface area contributed by atoms with E-state index in [1.807, 2.05) is 12.3 Å². The minimum Gasteiger partial charge on any atom is -0.354 e. The van der Waals surface area contributed by atoms with Crippen molar-refractivity contribution in [3.63, 3.8) is 0 Å². The molecule has 92 valence electrons. The number of piperazine rings is 1. The summed E-state index contributed by atoms with van der Waals surface area (Å²) in [5, 5.41) is 3.34. The van der Waals surface area contributed by atoms with Gasteiger partial charge < -0.3 is 15.1 Å². The molecule has 0 unspecified atom stereocenters. The Morgan fingerprint density at radius 2 is 2.00 bits per heavy atom. The second-order valence-electron chi connectivity index (χ2n) is 4.95. The van der Waals surface area contributed by atoms with Crippen molar-refractivity contribution in [2.75, 3.05) is 43.4 Å². The predicted molar refractivity (Wildman–Crippen MR) is 68.4 cm³/mol. The molecule has 5 nitrogen and oxygen atoms in total. The first-order valence-corrected chi connectivity index (χ1v) is 6.34. The molecule has 0 atom stereocenters. The van der Waals surface area contributed by atoms with Gasteiger partial charge in [-0.1, -0.05) is 0 Å². The van der Waals surface area contributed by atoms with Crippen LogP contribution in [0.5, 0.6) is 0 Å². The summed E-state index contributed by atoms with van der Waals surface area (Å²) in [4.78, 5) is 13.5. The van der Waals surface area contributed by atoms with E-state index in [-0.39, 0.29) is 0 Å². The highest BCUT2D eigenvalue weighted by Crippen LogP contribution is 2.23. The SMILES string of the molecule is CN1CCN(c2ccnc(NC3CC3)n2)CC1. The number of likely N-dealkylation sites (N-methyl/N-ethyl adjacent to an activating group) is 1. The Hall–Kier alpha value is -1.36. The Kier molecular flexibility index (Phi) is 2.84. The number of hydrogen-bond donors (Lipinski definition) is 1. The molecule has 2 aliphatic rings. The van der Waals surface area contributed by atoms with E-state index in [4.69, 9.17) is 0 Å². The third-order valence-electron chi connectivity index (χ3n) is 3.38. The topological polar surface area (TPSA) is 44.3 Å². The van der Waals surface area contributed by atoms with Crippen molar-refractivity contribution in [3.8, 4) is 0 Å². The summed E-state index contributed by atoms with van der Waals surface area (Å²) in [6.07, 6.45) is 4.36. The highest BCUT2D eigenvalue weighted by molar-refractivity contribution is 5.43. The molecule has 1 aromatic heterocycles. The van der Waals surface area contributed by atoms with E-state index in [1.165, 1.54) is 12.8 Å². The molecule has 3 rings (SSSR count). The van der Waals surface area contributed by atoms with Crippen LogP contribution < -0.4 is 10.2 Å². The first kappa shape index (κ1) is 10.8. The minimum atomic E-state index is 0.609. The van der Waals surface area contributed by atoms with Gasteiger partial charge in [-0.3, -0.25) is 0 Å². The predicted octanol–water partition coefficient (Wildman–Crippen LogP) is 0.803. The normalized spacial score (nSPS) is 21.6. The molecule has 1 aliphatic carbocycles. The average molecular weight is 233 g/mol. The lowest BCUT2D eigenvalue weighted by Crippen LogP contribution is -2.44. The van der Waals surface area contributed by atoms with Crippen LogP contribution in [0.4, 0.5) is 11.8 Å². The lowest BCUT2D eigenvalue weighted by molar-refractivity contribution is 0.312. The van der Waals surface area contributed by atoms with Crippen LogP contribution in [-0.2, 0) is 0 Å². The summed E-state index contributed by atoms with van der Waals surface area (Å²) >= 11 is 0. The third kappa shape index (κ3) is 2.66. The Morgan fingerprint density at radius 3 is 2.71 bits per heavy atom. The Balaban J connectivity index is 1.68. The molecular formula is C12H19N5. The van der Waals surface area contributed by atoms with Crippen molar-refractivity contribution in [2.24, 2.45) is 0 Å². The number of nitrogens with one attached hydrogen (secondary N) is 1. The molecule has 0 spiro atoms. The van der Waals surface area contributed by atoms with Crippen LogP contribution in [0.1, 0.15) is 12.8 Å². The Labute approximate surface area is 102 Å². The number of hydrogen-bond acceptors (Lipinski definition) is 5. The van der Waals surface area contributed by atoms with Gasteiger partial charge in [0.1, 0.15) is 5.82 Å². The maximum Gasteiger partial charge on any atom is 0.224 e. The molecule has 1 aliphatic heterocycles. The molecule has 0 aromatic carbocycles. The molecule has 1 N–H and O–H groups in total. The quantitative estimate of drug-likeness (QED) is 0.836. The maximum absolute atomic E-state index is 4.59. The summed E-state index contributed by atoms with van der Waals surface area (Å²) in [7, 11) is 2.16. The summed E-state index contributed by atoms with van der Waals surface area (Å²) in [5.74, 6) is 1.83. The van der Waals surface area contributed by atoms with Crippen LogP contribution in [0.2, 0.25) is 0 Å². The average Bonchev–Trinajstić information content (AvgIpc) is 3.14. The highest BCUT2D eigenvalue weighted by atomic mass is 15.3. The van der Waals surface area contributed by atoms with Crippen LogP contribution in [0, 0.1) is 0 Å². The molecule has 0 radical (unpaired) electrons. The second kappa shape index (κ2) is 4.49. The molecule has 2 fully saturated rings. The van der Waals surface area contributed by atoms with Gasteiger partial charge >= 0.3 is 0 Å². The smallest absolute Gasteiger partial charge is 0.224 e. The van der Waals surface area contributed by atoms with Crippen molar-refractivity contribution in [3.05, 3.63) is 12.3 Å². The third-order valence-corrected chi connectivity index (χ3v) is 3.38. The largest absolute Gasteiger partial charge is 0.354 e. The molecule has 1 saturated heterocycles. The zero-order chi connectivity index (χ0) is 11.7. The summed E-state index contributed by atoms with van der Waals surface area (Å²) < 4.78 is 0. The van der Waals surface area contributed by atoms with Crippen LogP contribution in [0.25, 0.3) is 0 Å². The first-order valence-electron chi connectivity index (χ1n) is 6.34. The van der Waals surface area contributed by atoms with Gasteiger partial charge in [-0.05, 0) is 26.0 Å². The van der Waals surface area contributed by atoms with Gasteiger partial charge in [-0.15, -0.1) is 0 Å². The van der Waals surface area contributed by atoms with Crippen LogP contribution in [0.3, 0.4) is 0 Å². The lowest BCUT2D eigenvalue weighted by Gasteiger charge is -2.33. The molecule has 17 heavy (non-hydrogen) atoms. The lowest BCUT2D eigenvalue weighted by atomic mass is 10.3. The number of rotatable bonds is 3. The van der Waals surface area contributed by atoms with Gasteiger partial charge in [0.25, 0.3) is 0 Å². The summed E-state index contributed by atoms with van der Waals surface area (Å²) in [5.41, 5.74) is 0. The van der Waals surface area contributed by atoms with Crippen LogP contribution >= 0.6 is 0 Å². The van der Waals surface area contributed by atoms with Crippen LogP contribution in [0.15, 0.2) is 12.3 Å². The molecule has 0 amide bonds. The van der Waals surface area contributed by atoms with Gasteiger partial charge in [0.15, 0.2) is 0 Å². The second-order valence-corrected chi connectivity index (χ2v) is 4.95. The zero-order valence-electron chi connectivity index (χ0n) is 10.3. The van der Waals surface area contributed by atoms with Gasteiger partial charge in [0.2, 0.25) is 5.95 Å². The van der Waals surface area contributed by atoms with Gasteiger partial charge in [0, 0.05) is 38.4 Å². The minimum absolute atomic E-state index is 0.609. The number of nitrogens with zero attached hydrogens (tertiary/aromatic N) is 4. The van der Waals surface area contributed by atoms with Gasteiger partial charge in [-0.2, -0.15) is 4.98 Å². The van der Waals surface area contributed by atoms with E-state index in [9.17, 15) is 0 Å². The summed E-state index contributed by atoms with van der Waals surface area (Å²) in [6.45, 7) is 4.32. The molecule has 2 heterocycles. The van der Waals surface area contributed by atoms with Crippen molar-refractivity contribution in [1.29, 1.82) is 0 Å². The fourth-order valence-electron chi connectivity index (χ4n) is 2.04. The summed E-state index contributed by atoms with van der Waals surface area (Å²) in [6, 6.07) is 2.61. The molecule has 5 heteroatoms. The van der Waals surface area contributed by atoms with Gasteiger partial charge in [0.05, 0.1) is 0 Å². The highest BCUT2D eigenvalue weighted by Gasteiger charge is 2.22. The van der Waals surface area contributed by atoms with Crippen molar-refractivity contribution < 1.29 is 0 Å². The maximum atomic E-state index is 4.59. The number of aromatic nitrogens is 2. The van der Waals surface area contributed by atoms with E-state index in [1.54, 1.807) is 0 Å². The Morgan fingerprint density at radius 1 is 1.24 bits per heavy atom. The fourth-order valence-corrected chi connectivity index (χ4v) is 2.04. The fraction of sp³-hybridized carbons (Fsp3) is 0.667. The van der Waals surface area contributed by atoms with Gasteiger partial charge in [-0.25, -0.2) is 4.98 Å². The molecular weight excluding hydrogens is 214 g/mol. The standard InChI is InChI=1S/C12H19N5/c1-16-6-8-17(9-7-16)11-4-5-13-12(15-11)14-10-2-3-10/h4-5,10H,2-3,6-9H2,1H3,(H,13,14,15). The van der Waals surface area contributed by atoms with E-state index < -0.39 is 0 Å². The van der Waals surface area contributed by atoms with E-state index in [0.29, 0.717) is 6.04 Å². The zero-order valence-corrected chi connectivity index (χ0v) is 10.3. The van der Waals surface area contributed by atoms with Crippen molar-refractivity contribution >= 4 is 11.8 Å². The van der Waals surface area contributed by atoms with E-state index >= 15 is 0 Å².